The fraction of sp³-hybridized carbons (Fsp3) is 0.824. The molecule has 0 spiro atoms. The molecular weight excluding hydrogens is 290 g/mol. The first kappa shape index (κ1) is 16.3. The van der Waals surface area contributed by atoms with Gasteiger partial charge in [-0.3, -0.25) is 0 Å². The summed E-state index contributed by atoms with van der Waals surface area (Å²) in [5, 5.41) is 6.95. The number of ether oxygens (including phenoxy) is 1. The minimum atomic E-state index is 0.416. The van der Waals surface area contributed by atoms with E-state index in [-0.39, 0.29) is 0 Å². The Hall–Kier alpha value is -1.59. The van der Waals surface area contributed by atoms with Crippen LogP contribution in [0.25, 0.3) is 0 Å². The zero-order valence-electron chi connectivity index (χ0n) is 14.2. The number of hydrogen-bond donors (Lipinski definition) is 2. The van der Waals surface area contributed by atoms with Gasteiger partial charge in [-0.25, -0.2) is 0 Å². The molecule has 6 heteroatoms. The summed E-state index contributed by atoms with van der Waals surface area (Å²) in [5.74, 6) is 1.29. The number of rotatable bonds is 6. The average Bonchev–Trinajstić information content (AvgIpc) is 2.57. The lowest BCUT2D eigenvalue weighted by Gasteiger charge is -2.24. The third kappa shape index (κ3) is 4.94. The molecule has 1 heterocycles. The van der Waals surface area contributed by atoms with Crippen molar-refractivity contribution in [2.75, 3.05) is 17.2 Å². The van der Waals surface area contributed by atoms with E-state index in [0.29, 0.717) is 36.6 Å². The van der Waals surface area contributed by atoms with Crippen molar-refractivity contribution in [3.63, 3.8) is 0 Å². The molecule has 0 atom stereocenters. The van der Waals surface area contributed by atoms with Crippen molar-refractivity contribution in [3.05, 3.63) is 0 Å². The summed E-state index contributed by atoms with van der Waals surface area (Å²) < 4.78 is 5.52. The number of nitrogens with zero attached hydrogens (tertiary/aromatic N) is 3. The standard InChI is InChI=1S/C17H29N5O/c1-2-23-17-21-15(18-13-9-5-3-6-10-13)20-16(22-17)19-14-11-7-4-8-12-14/h13-14H,2-12H2,1H3,(H2,18,19,20,21,22). The topological polar surface area (TPSA) is 72.0 Å². The number of aromatic nitrogens is 3. The van der Waals surface area contributed by atoms with Gasteiger partial charge in [-0.2, -0.15) is 15.0 Å². The number of nitrogens with one attached hydrogen (secondary N) is 2. The van der Waals surface area contributed by atoms with Crippen LogP contribution in [0.15, 0.2) is 0 Å². The first-order chi connectivity index (χ1) is 11.3. The van der Waals surface area contributed by atoms with E-state index in [2.05, 4.69) is 25.6 Å². The molecule has 2 N–H and O–H groups in total. The Morgan fingerprint density at radius 2 is 1.26 bits per heavy atom. The smallest absolute Gasteiger partial charge is 0.323 e. The molecule has 2 saturated carbocycles. The van der Waals surface area contributed by atoms with Crippen LogP contribution in [0.3, 0.4) is 0 Å². The Bertz CT molecular complexity index is 446. The summed E-state index contributed by atoms with van der Waals surface area (Å²) >= 11 is 0. The van der Waals surface area contributed by atoms with E-state index >= 15 is 0 Å². The van der Waals surface area contributed by atoms with Crippen LogP contribution < -0.4 is 15.4 Å². The zero-order chi connectivity index (χ0) is 15.9. The van der Waals surface area contributed by atoms with Crippen molar-refractivity contribution in [3.8, 4) is 6.01 Å². The number of anilines is 2. The minimum Gasteiger partial charge on any atom is -0.464 e. The molecule has 0 amide bonds. The van der Waals surface area contributed by atoms with Crippen LogP contribution in [-0.2, 0) is 0 Å². The molecule has 1 aromatic rings. The molecule has 0 aliphatic heterocycles. The molecule has 2 aliphatic carbocycles. The fourth-order valence-corrected chi connectivity index (χ4v) is 3.54. The van der Waals surface area contributed by atoms with Crippen LogP contribution in [0.2, 0.25) is 0 Å². The summed E-state index contributed by atoms with van der Waals surface area (Å²) in [7, 11) is 0. The second-order valence-electron chi connectivity index (χ2n) is 6.66. The Labute approximate surface area is 138 Å². The average molecular weight is 319 g/mol. The maximum atomic E-state index is 5.52. The van der Waals surface area contributed by atoms with Crippen LogP contribution in [0.1, 0.15) is 71.1 Å². The van der Waals surface area contributed by atoms with Crippen LogP contribution >= 0.6 is 0 Å². The van der Waals surface area contributed by atoms with Gasteiger partial charge >= 0.3 is 6.01 Å². The van der Waals surface area contributed by atoms with E-state index in [1.54, 1.807) is 0 Å². The Balaban J connectivity index is 1.69. The summed E-state index contributed by atoms with van der Waals surface area (Å²) in [4.78, 5) is 13.4. The summed E-state index contributed by atoms with van der Waals surface area (Å²) in [5.41, 5.74) is 0. The predicted molar refractivity (Wildman–Crippen MR) is 92.0 cm³/mol. The molecule has 2 fully saturated rings. The van der Waals surface area contributed by atoms with E-state index < -0.39 is 0 Å². The SMILES string of the molecule is CCOc1nc(NC2CCCCC2)nc(NC2CCCCC2)n1. The normalized spacial score (nSPS) is 20.2. The second kappa shape index (κ2) is 8.31. The lowest BCUT2D eigenvalue weighted by molar-refractivity contribution is 0.312. The van der Waals surface area contributed by atoms with Gasteiger partial charge in [0.25, 0.3) is 0 Å². The third-order valence-corrected chi connectivity index (χ3v) is 4.77. The van der Waals surface area contributed by atoms with Gasteiger partial charge in [0, 0.05) is 12.1 Å². The molecule has 0 unspecified atom stereocenters. The summed E-state index contributed by atoms with van der Waals surface area (Å²) in [6.07, 6.45) is 12.6. The molecule has 6 nitrogen and oxygen atoms in total. The lowest BCUT2D eigenvalue weighted by atomic mass is 9.96. The van der Waals surface area contributed by atoms with Gasteiger partial charge in [0.15, 0.2) is 0 Å². The molecule has 1 aromatic heterocycles. The Morgan fingerprint density at radius 3 is 1.70 bits per heavy atom. The summed E-state index contributed by atoms with van der Waals surface area (Å²) in [6.45, 7) is 2.52. The molecule has 23 heavy (non-hydrogen) atoms. The van der Waals surface area contributed by atoms with E-state index in [1.807, 2.05) is 6.92 Å². The second-order valence-corrected chi connectivity index (χ2v) is 6.66. The van der Waals surface area contributed by atoms with Crippen molar-refractivity contribution in [2.45, 2.75) is 83.2 Å². The Morgan fingerprint density at radius 1 is 0.783 bits per heavy atom. The Kier molecular flexibility index (Phi) is 5.88. The van der Waals surface area contributed by atoms with Gasteiger partial charge in [-0.05, 0) is 32.6 Å². The zero-order valence-corrected chi connectivity index (χ0v) is 14.2. The van der Waals surface area contributed by atoms with Gasteiger partial charge in [0.05, 0.1) is 6.61 Å². The maximum Gasteiger partial charge on any atom is 0.323 e. The third-order valence-electron chi connectivity index (χ3n) is 4.77. The van der Waals surface area contributed by atoms with Gasteiger partial charge in [-0.1, -0.05) is 38.5 Å². The highest BCUT2D eigenvalue weighted by atomic mass is 16.5. The van der Waals surface area contributed by atoms with Crippen LogP contribution in [0.5, 0.6) is 6.01 Å². The van der Waals surface area contributed by atoms with Crippen LogP contribution in [0, 0.1) is 0 Å². The van der Waals surface area contributed by atoms with Crippen LogP contribution in [0.4, 0.5) is 11.9 Å². The molecular formula is C17H29N5O. The molecule has 0 radical (unpaired) electrons. The molecule has 0 saturated heterocycles. The van der Waals surface area contributed by atoms with E-state index in [0.717, 1.165) is 0 Å². The highest BCUT2D eigenvalue weighted by Crippen LogP contribution is 2.23. The van der Waals surface area contributed by atoms with Crippen molar-refractivity contribution in [2.24, 2.45) is 0 Å². The monoisotopic (exact) mass is 319 g/mol. The summed E-state index contributed by atoms with van der Waals surface area (Å²) in [6, 6.07) is 1.37. The maximum absolute atomic E-state index is 5.52. The van der Waals surface area contributed by atoms with Gasteiger partial charge in [0.2, 0.25) is 11.9 Å². The van der Waals surface area contributed by atoms with Gasteiger partial charge in [-0.15, -0.1) is 0 Å². The molecule has 2 aliphatic rings. The largest absolute Gasteiger partial charge is 0.464 e. The molecule has 3 rings (SSSR count). The highest BCUT2D eigenvalue weighted by molar-refractivity contribution is 5.37. The quantitative estimate of drug-likeness (QED) is 0.832. The lowest BCUT2D eigenvalue weighted by Crippen LogP contribution is -2.26. The van der Waals surface area contributed by atoms with E-state index in [4.69, 9.17) is 4.74 Å². The predicted octanol–water partition coefficient (Wildman–Crippen LogP) is 3.76. The van der Waals surface area contributed by atoms with Crippen molar-refractivity contribution in [1.82, 2.24) is 15.0 Å². The molecule has 128 valence electrons. The molecule has 0 aromatic carbocycles. The first-order valence-electron chi connectivity index (χ1n) is 9.25. The van der Waals surface area contributed by atoms with Gasteiger partial charge in [0.1, 0.15) is 0 Å². The van der Waals surface area contributed by atoms with Crippen molar-refractivity contribution < 1.29 is 4.74 Å². The van der Waals surface area contributed by atoms with Crippen molar-refractivity contribution >= 4 is 11.9 Å². The highest BCUT2D eigenvalue weighted by Gasteiger charge is 2.18. The van der Waals surface area contributed by atoms with Crippen LogP contribution in [-0.4, -0.2) is 33.6 Å². The molecule has 0 bridgehead atoms. The number of hydrogen-bond acceptors (Lipinski definition) is 6. The van der Waals surface area contributed by atoms with Crippen molar-refractivity contribution in [1.29, 1.82) is 0 Å². The minimum absolute atomic E-state index is 0.416. The van der Waals surface area contributed by atoms with Gasteiger partial charge < -0.3 is 15.4 Å². The van der Waals surface area contributed by atoms with E-state index in [1.165, 1.54) is 64.2 Å². The van der Waals surface area contributed by atoms with E-state index in [9.17, 15) is 0 Å². The fourth-order valence-electron chi connectivity index (χ4n) is 3.54. The first-order valence-corrected chi connectivity index (χ1v) is 9.25.